The van der Waals surface area contributed by atoms with Gasteiger partial charge in [-0.3, -0.25) is 4.79 Å². The Hall–Kier alpha value is -2.92. The maximum absolute atomic E-state index is 13.4. The van der Waals surface area contributed by atoms with E-state index in [1.165, 1.54) is 12.1 Å². The molecule has 6 heteroatoms. The smallest absolute Gasteiger partial charge is 0.272 e. The van der Waals surface area contributed by atoms with Crippen LogP contribution in [0.1, 0.15) is 16.1 Å². The minimum Gasteiger partial charge on any atom is -0.352 e. The molecule has 1 amide bonds. The highest BCUT2D eigenvalue weighted by Crippen LogP contribution is 2.27. The molecule has 0 saturated carbocycles. The van der Waals surface area contributed by atoms with Crippen molar-refractivity contribution in [3.63, 3.8) is 0 Å². The summed E-state index contributed by atoms with van der Waals surface area (Å²) in [6.07, 6.45) is 1.58. The van der Waals surface area contributed by atoms with Crippen LogP contribution >= 0.6 is 11.6 Å². The van der Waals surface area contributed by atoms with E-state index in [9.17, 15) is 9.18 Å². The van der Waals surface area contributed by atoms with Crippen LogP contribution in [0.3, 0.4) is 0 Å². The van der Waals surface area contributed by atoms with E-state index in [1.807, 2.05) is 12.1 Å². The van der Waals surface area contributed by atoms with Gasteiger partial charge in [0.2, 0.25) is 0 Å². The molecule has 0 atom stereocenters. The zero-order valence-electron chi connectivity index (χ0n) is 13.0. The van der Waals surface area contributed by atoms with Crippen molar-refractivity contribution in [1.29, 1.82) is 0 Å². The van der Waals surface area contributed by atoms with Gasteiger partial charge in [0.05, 0.1) is 5.52 Å². The Morgan fingerprint density at radius 1 is 1.16 bits per heavy atom. The molecule has 0 fully saturated rings. The first-order chi connectivity index (χ1) is 12.1. The zero-order valence-corrected chi connectivity index (χ0v) is 13.8. The van der Waals surface area contributed by atoms with Crippen molar-refractivity contribution in [3.8, 4) is 0 Å². The fourth-order valence-corrected chi connectivity index (χ4v) is 3.10. The minimum atomic E-state index is -0.334. The van der Waals surface area contributed by atoms with Gasteiger partial charge in [-0.2, -0.15) is 0 Å². The van der Waals surface area contributed by atoms with Crippen LogP contribution in [0, 0.1) is 5.82 Å². The molecule has 124 valence electrons. The number of aromatic nitrogens is 2. The Bertz CT molecular complexity index is 1110. The van der Waals surface area contributed by atoms with Gasteiger partial charge in [0.15, 0.2) is 5.69 Å². The van der Waals surface area contributed by atoms with E-state index < -0.39 is 0 Å². The topological polar surface area (TPSA) is 57.8 Å². The number of aromatic amines is 1. The van der Waals surface area contributed by atoms with Crippen molar-refractivity contribution >= 4 is 39.3 Å². The SMILES string of the molecule is O=C(NCc1cccc(Cl)c1)c1nccc2c1[nH]c1cc(F)ccc12. The molecule has 0 unspecified atom stereocenters. The summed E-state index contributed by atoms with van der Waals surface area (Å²) in [5, 5.41) is 5.13. The van der Waals surface area contributed by atoms with Crippen LogP contribution in [-0.4, -0.2) is 15.9 Å². The van der Waals surface area contributed by atoms with Crippen molar-refractivity contribution in [2.75, 3.05) is 0 Å². The molecule has 0 aliphatic heterocycles. The second-order valence-corrected chi connectivity index (χ2v) is 6.15. The molecule has 0 spiro atoms. The third kappa shape index (κ3) is 2.94. The average Bonchev–Trinajstić information content (AvgIpc) is 2.97. The quantitative estimate of drug-likeness (QED) is 0.572. The number of hydrogen-bond acceptors (Lipinski definition) is 2. The number of hydrogen-bond donors (Lipinski definition) is 2. The van der Waals surface area contributed by atoms with E-state index in [-0.39, 0.29) is 17.4 Å². The molecule has 2 aromatic carbocycles. The van der Waals surface area contributed by atoms with Crippen molar-refractivity contribution in [2.24, 2.45) is 0 Å². The Morgan fingerprint density at radius 3 is 2.88 bits per heavy atom. The fraction of sp³-hybridized carbons (Fsp3) is 0.0526. The maximum atomic E-state index is 13.4. The highest BCUT2D eigenvalue weighted by Gasteiger charge is 2.15. The van der Waals surface area contributed by atoms with Crippen molar-refractivity contribution in [2.45, 2.75) is 6.54 Å². The van der Waals surface area contributed by atoms with E-state index in [1.54, 1.807) is 30.5 Å². The number of fused-ring (bicyclic) bond motifs is 3. The summed E-state index contributed by atoms with van der Waals surface area (Å²) in [5.41, 5.74) is 2.39. The molecule has 0 bridgehead atoms. The zero-order chi connectivity index (χ0) is 17.4. The van der Waals surface area contributed by atoms with Crippen molar-refractivity contribution < 1.29 is 9.18 Å². The summed E-state index contributed by atoms with van der Waals surface area (Å²) >= 11 is 5.95. The Kier molecular flexibility index (Phi) is 3.86. The number of benzene rings is 2. The van der Waals surface area contributed by atoms with Crippen LogP contribution in [0.5, 0.6) is 0 Å². The highest BCUT2D eigenvalue weighted by atomic mass is 35.5. The summed E-state index contributed by atoms with van der Waals surface area (Å²) in [4.78, 5) is 19.8. The van der Waals surface area contributed by atoms with Gasteiger partial charge in [-0.05, 0) is 42.0 Å². The lowest BCUT2D eigenvalue weighted by molar-refractivity contribution is 0.0947. The fourth-order valence-electron chi connectivity index (χ4n) is 2.89. The van der Waals surface area contributed by atoms with Crippen LogP contribution in [0.15, 0.2) is 54.7 Å². The Labute approximate surface area is 147 Å². The van der Waals surface area contributed by atoms with Gasteiger partial charge in [0, 0.05) is 34.1 Å². The first-order valence-electron chi connectivity index (χ1n) is 7.70. The second-order valence-electron chi connectivity index (χ2n) is 5.71. The molecule has 4 rings (SSSR count). The van der Waals surface area contributed by atoms with Crippen molar-refractivity contribution in [3.05, 3.63) is 76.8 Å². The lowest BCUT2D eigenvalue weighted by atomic mass is 10.1. The normalized spacial score (nSPS) is 11.1. The summed E-state index contributed by atoms with van der Waals surface area (Å²) in [6, 6.07) is 13.6. The molecule has 0 radical (unpaired) electrons. The lowest BCUT2D eigenvalue weighted by Gasteiger charge is -2.06. The number of carbonyl (C=O) groups excluding carboxylic acids is 1. The number of nitrogens with zero attached hydrogens (tertiary/aromatic N) is 1. The minimum absolute atomic E-state index is 0.274. The number of carbonyl (C=O) groups is 1. The third-order valence-electron chi connectivity index (χ3n) is 4.04. The number of nitrogens with one attached hydrogen (secondary N) is 2. The van der Waals surface area contributed by atoms with Crippen LogP contribution < -0.4 is 5.32 Å². The van der Waals surface area contributed by atoms with E-state index in [0.717, 1.165) is 16.3 Å². The molecule has 0 aliphatic rings. The number of pyridine rings is 1. The lowest BCUT2D eigenvalue weighted by Crippen LogP contribution is -2.24. The summed E-state index contributed by atoms with van der Waals surface area (Å²) in [6.45, 7) is 0.340. The number of H-pyrrole nitrogens is 1. The summed E-state index contributed by atoms with van der Waals surface area (Å²) < 4.78 is 13.4. The molecule has 4 aromatic rings. The van der Waals surface area contributed by atoms with Crippen molar-refractivity contribution in [1.82, 2.24) is 15.3 Å². The average molecular weight is 354 g/mol. The predicted octanol–water partition coefficient (Wildman–Crippen LogP) is 4.44. The molecule has 2 aromatic heterocycles. The van der Waals surface area contributed by atoms with E-state index in [4.69, 9.17) is 11.6 Å². The van der Waals surface area contributed by atoms with E-state index in [0.29, 0.717) is 22.6 Å². The largest absolute Gasteiger partial charge is 0.352 e. The molecule has 25 heavy (non-hydrogen) atoms. The second kappa shape index (κ2) is 6.18. The molecule has 4 nitrogen and oxygen atoms in total. The van der Waals surface area contributed by atoms with Gasteiger partial charge in [0.25, 0.3) is 5.91 Å². The number of halogens is 2. The molecule has 0 saturated heterocycles. The Balaban J connectivity index is 1.68. The summed E-state index contributed by atoms with van der Waals surface area (Å²) in [7, 11) is 0. The number of rotatable bonds is 3. The molecular weight excluding hydrogens is 341 g/mol. The highest BCUT2D eigenvalue weighted by molar-refractivity contribution is 6.30. The van der Waals surface area contributed by atoms with Gasteiger partial charge >= 0.3 is 0 Å². The Morgan fingerprint density at radius 2 is 2.04 bits per heavy atom. The molecule has 0 aliphatic carbocycles. The van der Waals surface area contributed by atoms with Gasteiger partial charge in [0.1, 0.15) is 5.82 Å². The van der Waals surface area contributed by atoms with Crippen LogP contribution in [-0.2, 0) is 6.54 Å². The monoisotopic (exact) mass is 353 g/mol. The van der Waals surface area contributed by atoms with E-state index >= 15 is 0 Å². The van der Waals surface area contributed by atoms with Gasteiger partial charge < -0.3 is 10.3 Å². The first kappa shape index (κ1) is 15.6. The van der Waals surface area contributed by atoms with Gasteiger partial charge in [-0.15, -0.1) is 0 Å². The van der Waals surface area contributed by atoms with Crippen LogP contribution in [0.4, 0.5) is 4.39 Å². The predicted molar refractivity (Wildman–Crippen MR) is 96.2 cm³/mol. The standard InChI is InChI=1S/C19H13ClFN3O/c20-12-3-1-2-11(8-12)10-23-19(25)18-17-15(6-7-22-18)14-5-4-13(21)9-16(14)24-17/h1-9,24H,10H2,(H,23,25). The van der Waals surface area contributed by atoms with E-state index in [2.05, 4.69) is 15.3 Å². The van der Waals surface area contributed by atoms with Gasteiger partial charge in [-0.1, -0.05) is 23.7 Å². The third-order valence-corrected chi connectivity index (χ3v) is 4.27. The first-order valence-corrected chi connectivity index (χ1v) is 8.08. The molecule has 2 heterocycles. The molecular formula is C19H13ClFN3O. The summed E-state index contributed by atoms with van der Waals surface area (Å²) in [5.74, 6) is -0.642. The van der Waals surface area contributed by atoms with Gasteiger partial charge in [-0.25, -0.2) is 9.37 Å². The maximum Gasteiger partial charge on any atom is 0.272 e. The van der Waals surface area contributed by atoms with Crippen LogP contribution in [0.25, 0.3) is 21.8 Å². The number of amides is 1. The molecule has 2 N–H and O–H groups in total. The van der Waals surface area contributed by atoms with Crippen LogP contribution in [0.2, 0.25) is 5.02 Å².